The fourth-order valence-corrected chi connectivity index (χ4v) is 2.15. The lowest BCUT2D eigenvalue weighted by molar-refractivity contribution is -0.129. The lowest BCUT2D eigenvalue weighted by Gasteiger charge is -2.34. The van der Waals surface area contributed by atoms with Crippen molar-refractivity contribution in [1.29, 1.82) is 0 Å². The van der Waals surface area contributed by atoms with Crippen LogP contribution in [-0.4, -0.2) is 67.2 Å². The molecule has 7 heteroatoms. The molecular weight excluding hydrogens is 258 g/mol. The first kappa shape index (κ1) is 14.5. The average Bonchev–Trinajstić information content (AvgIpc) is 2.48. The second kappa shape index (κ2) is 7.04. The Labute approximate surface area is 118 Å². The minimum atomic E-state index is 0.134. The third kappa shape index (κ3) is 3.80. The summed E-state index contributed by atoms with van der Waals surface area (Å²) in [5, 5.41) is 3.18. The zero-order chi connectivity index (χ0) is 14.4. The van der Waals surface area contributed by atoms with Crippen LogP contribution in [0.1, 0.15) is 6.92 Å². The summed E-state index contributed by atoms with van der Waals surface area (Å²) in [6.45, 7) is 6.04. The van der Waals surface area contributed by atoms with Gasteiger partial charge >= 0.3 is 0 Å². The van der Waals surface area contributed by atoms with E-state index in [-0.39, 0.29) is 5.91 Å². The second-order valence-corrected chi connectivity index (χ2v) is 4.67. The summed E-state index contributed by atoms with van der Waals surface area (Å²) >= 11 is 0. The van der Waals surface area contributed by atoms with Crippen LogP contribution in [-0.2, 0) is 9.53 Å². The minimum Gasteiger partial charge on any atom is -0.383 e. The van der Waals surface area contributed by atoms with Gasteiger partial charge in [-0.3, -0.25) is 4.79 Å². The van der Waals surface area contributed by atoms with E-state index in [1.807, 2.05) is 11.0 Å². The van der Waals surface area contributed by atoms with Crippen LogP contribution in [0.25, 0.3) is 0 Å². The fourth-order valence-electron chi connectivity index (χ4n) is 2.15. The third-order valence-electron chi connectivity index (χ3n) is 3.31. The number of anilines is 2. The van der Waals surface area contributed by atoms with Crippen molar-refractivity contribution in [2.45, 2.75) is 6.92 Å². The summed E-state index contributed by atoms with van der Waals surface area (Å²) in [6.07, 6.45) is 1.56. The smallest absolute Gasteiger partial charge is 0.219 e. The van der Waals surface area contributed by atoms with E-state index in [4.69, 9.17) is 4.74 Å². The SMILES string of the molecule is COCCNc1cc(N2CCN(C(C)=O)CC2)ncn1. The monoisotopic (exact) mass is 279 g/mol. The van der Waals surface area contributed by atoms with E-state index in [0.29, 0.717) is 13.2 Å². The molecule has 1 aliphatic rings. The Morgan fingerprint density at radius 1 is 1.35 bits per heavy atom. The molecule has 1 aromatic rings. The molecule has 1 N–H and O–H groups in total. The van der Waals surface area contributed by atoms with Crippen LogP contribution in [0.4, 0.5) is 11.6 Å². The Morgan fingerprint density at radius 3 is 2.75 bits per heavy atom. The number of aromatic nitrogens is 2. The van der Waals surface area contributed by atoms with Gasteiger partial charge in [-0.1, -0.05) is 0 Å². The number of hydrogen-bond donors (Lipinski definition) is 1. The van der Waals surface area contributed by atoms with Crippen LogP contribution in [0.5, 0.6) is 0 Å². The number of rotatable bonds is 5. The van der Waals surface area contributed by atoms with Crippen molar-refractivity contribution in [3.63, 3.8) is 0 Å². The number of nitrogens with one attached hydrogen (secondary N) is 1. The Morgan fingerprint density at radius 2 is 2.10 bits per heavy atom. The Hall–Kier alpha value is -1.89. The van der Waals surface area contributed by atoms with Crippen LogP contribution in [0.2, 0.25) is 0 Å². The largest absolute Gasteiger partial charge is 0.383 e. The number of carbonyl (C=O) groups excluding carboxylic acids is 1. The van der Waals surface area contributed by atoms with Gasteiger partial charge in [-0.15, -0.1) is 0 Å². The molecule has 1 aliphatic heterocycles. The first-order valence-corrected chi connectivity index (χ1v) is 6.76. The standard InChI is InChI=1S/C13H21N5O2/c1-11(19)17-4-6-18(7-5-17)13-9-12(15-10-16-13)14-3-8-20-2/h9-10H,3-8H2,1-2H3,(H,14,15,16). The maximum atomic E-state index is 11.3. The van der Waals surface area contributed by atoms with E-state index in [2.05, 4.69) is 20.2 Å². The van der Waals surface area contributed by atoms with Crippen molar-refractivity contribution in [3.05, 3.63) is 12.4 Å². The predicted molar refractivity (Wildman–Crippen MR) is 76.9 cm³/mol. The summed E-state index contributed by atoms with van der Waals surface area (Å²) in [7, 11) is 1.67. The van der Waals surface area contributed by atoms with Crippen LogP contribution in [0, 0.1) is 0 Å². The summed E-state index contributed by atoms with van der Waals surface area (Å²) in [5.41, 5.74) is 0. The van der Waals surface area contributed by atoms with Crippen molar-refractivity contribution >= 4 is 17.5 Å². The highest BCUT2D eigenvalue weighted by Crippen LogP contribution is 2.16. The van der Waals surface area contributed by atoms with Gasteiger partial charge in [-0.25, -0.2) is 9.97 Å². The maximum absolute atomic E-state index is 11.3. The molecule has 0 saturated carbocycles. The molecule has 1 amide bonds. The van der Waals surface area contributed by atoms with Gasteiger partial charge in [0, 0.05) is 52.8 Å². The molecule has 0 radical (unpaired) electrons. The predicted octanol–water partition coefficient (Wildman–Crippen LogP) is 0.203. The number of amides is 1. The number of hydrogen-bond acceptors (Lipinski definition) is 6. The molecule has 0 bridgehead atoms. The van der Waals surface area contributed by atoms with Crippen molar-refractivity contribution in [3.8, 4) is 0 Å². The molecule has 0 unspecified atom stereocenters. The van der Waals surface area contributed by atoms with E-state index in [1.54, 1.807) is 20.4 Å². The van der Waals surface area contributed by atoms with E-state index in [0.717, 1.165) is 37.8 Å². The third-order valence-corrected chi connectivity index (χ3v) is 3.31. The number of nitrogens with zero attached hydrogens (tertiary/aromatic N) is 4. The van der Waals surface area contributed by atoms with Crippen molar-refractivity contribution < 1.29 is 9.53 Å². The first-order valence-electron chi connectivity index (χ1n) is 6.76. The Kier molecular flexibility index (Phi) is 5.11. The van der Waals surface area contributed by atoms with Crippen molar-refractivity contribution in [2.24, 2.45) is 0 Å². The molecule has 1 saturated heterocycles. The van der Waals surface area contributed by atoms with Gasteiger partial charge in [0.15, 0.2) is 0 Å². The minimum absolute atomic E-state index is 0.134. The molecule has 7 nitrogen and oxygen atoms in total. The summed E-state index contributed by atoms with van der Waals surface area (Å²) in [4.78, 5) is 23.8. The van der Waals surface area contributed by atoms with Crippen LogP contribution in [0.15, 0.2) is 12.4 Å². The average molecular weight is 279 g/mol. The number of ether oxygens (including phenoxy) is 1. The number of methoxy groups -OCH3 is 1. The van der Waals surface area contributed by atoms with E-state index < -0.39 is 0 Å². The lowest BCUT2D eigenvalue weighted by Crippen LogP contribution is -2.48. The second-order valence-electron chi connectivity index (χ2n) is 4.67. The molecule has 0 aliphatic carbocycles. The Bertz CT molecular complexity index is 446. The van der Waals surface area contributed by atoms with E-state index in [9.17, 15) is 4.79 Å². The molecule has 0 atom stereocenters. The highest BCUT2D eigenvalue weighted by Gasteiger charge is 2.19. The molecule has 2 rings (SSSR count). The molecular formula is C13H21N5O2. The van der Waals surface area contributed by atoms with Crippen LogP contribution < -0.4 is 10.2 Å². The lowest BCUT2D eigenvalue weighted by atomic mass is 10.3. The van der Waals surface area contributed by atoms with E-state index >= 15 is 0 Å². The normalized spacial score (nSPS) is 15.3. The summed E-state index contributed by atoms with van der Waals surface area (Å²) in [5.74, 6) is 1.82. The quantitative estimate of drug-likeness (QED) is 0.777. The van der Waals surface area contributed by atoms with Gasteiger partial charge < -0.3 is 19.9 Å². The summed E-state index contributed by atoms with van der Waals surface area (Å²) in [6, 6.07) is 1.93. The number of piperazine rings is 1. The van der Waals surface area contributed by atoms with E-state index in [1.165, 1.54) is 0 Å². The van der Waals surface area contributed by atoms with Crippen LogP contribution >= 0.6 is 0 Å². The fraction of sp³-hybridized carbons (Fsp3) is 0.615. The van der Waals surface area contributed by atoms with Gasteiger partial charge in [0.25, 0.3) is 0 Å². The molecule has 0 aromatic carbocycles. The molecule has 0 spiro atoms. The van der Waals surface area contributed by atoms with Gasteiger partial charge in [-0.2, -0.15) is 0 Å². The van der Waals surface area contributed by atoms with Gasteiger partial charge in [0.2, 0.25) is 5.91 Å². The molecule has 1 aromatic heterocycles. The molecule has 1 fully saturated rings. The topological polar surface area (TPSA) is 70.6 Å². The Balaban J connectivity index is 1.92. The highest BCUT2D eigenvalue weighted by molar-refractivity contribution is 5.73. The summed E-state index contributed by atoms with van der Waals surface area (Å²) < 4.78 is 4.99. The van der Waals surface area contributed by atoms with Gasteiger partial charge in [0.05, 0.1) is 6.61 Å². The number of carbonyl (C=O) groups is 1. The van der Waals surface area contributed by atoms with Crippen molar-refractivity contribution in [1.82, 2.24) is 14.9 Å². The zero-order valence-electron chi connectivity index (χ0n) is 12.0. The highest BCUT2D eigenvalue weighted by atomic mass is 16.5. The van der Waals surface area contributed by atoms with Crippen LogP contribution in [0.3, 0.4) is 0 Å². The first-order chi connectivity index (χ1) is 9.70. The molecule has 110 valence electrons. The molecule has 2 heterocycles. The van der Waals surface area contributed by atoms with Gasteiger partial charge in [0.1, 0.15) is 18.0 Å². The van der Waals surface area contributed by atoms with Gasteiger partial charge in [-0.05, 0) is 0 Å². The molecule has 20 heavy (non-hydrogen) atoms. The van der Waals surface area contributed by atoms with Crippen molar-refractivity contribution in [2.75, 3.05) is 56.7 Å². The zero-order valence-corrected chi connectivity index (χ0v) is 12.0. The maximum Gasteiger partial charge on any atom is 0.219 e.